The van der Waals surface area contributed by atoms with E-state index in [2.05, 4.69) is 64.8 Å². The maximum absolute atomic E-state index is 6.54. The summed E-state index contributed by atoms with van der Waals surface area (Å²) in [5.41, 5.74) is 7.81. The van der Waals surface area contributed by atoms with Crippen molar-refractivity contribution in [1.29, 1.82) is 0 Å². The van der Waals surface area contributed by atoms with Crippen molar-refractivity contribution in [3.8, 4) is 11.4 Å². The number of halogens is 1. The van der Waals surface area contributed by atoms with Crippen molar-refractivity contribution in [3.05, 3.63) is 106 Å². The highest BCUT2D eigenvalue weighted by Crippen LogP contribution is 2.46. The first-order valence-electron chi connectivity index (χ1n) is 11.5. The van der Waals surface area contributed by atoms with Crippen LogP contribution in [0, 0.1) is 20.8 Å². The molecule has 0 aliphatic carbocycles. The number of methoxy groups -OCH3 is 1. The molecular weight excluding hydrogens is 476 g/mol. The van der Waals surface area contributed by atoms with Crippen LogP contribution in [0.3, 0.4) is 0 Å². The third kappa shape index (κ3) is 3.97. The van der Waals surface area contributed by atoms with Gasteiger partial charge in [-0.05, 0) is 81.0 Å². The topological polar surface area (TPSA) is 42.3 Å². The Kier molecular flexibility index (Phi) is 6.26. The fraction of sp³-hybridized carbons (Fsp3) is 0.214. The van der Waals surface area contributed by atoms with Gasteiger partial charge in [0.2, 0.25) is 0 Å². The fourth-order valence-corrected chi connectivity index (χ4v) is 5.74. The van der Waals surface area contributed by atoms with Crippen LogP contribution < -0.4 is 15.0 Å². The highest BCUT2D eigenvalue weighted by molar-refractivity contribution is 7.80. The molecule has 1 saturated heterocycles. The fourth-order valence-electron chi connectivity index (χ4n) is 5.14. The Morgan fingerprint density at radius 2 is 1.69 bits per heavy atom. The summed E-state index contributed by atoms with van der Waals surface area (Å²) in [4.78, 5) is 6.85. The molecule has 5 nitrogen and oxygen atoms in total. The van der Waals surface area contributed by atoms with Crippen molar-refractivity contribution in [2.45, 2.75) is 32.9 Å². The van der Waals surface area contributed by atoms with E-state index in [9.17, 15) is 0 Å². The number of hydrogen-bond donors (Lipinski definition) is 1. The largest absolute Gasteiger partial charge is 0.495 e. The monoisotopic (exact) mass is 502 g/mol. The van der Waals surface area contributed by atoms with Crippen molar-refractivity contribution >= 4 is 34.6 Å². The van der Waals surface area contributed by atoms with Crippen molar-refractivity contribution in [2.75, 3.05) is 12.0 Å². The molecule has 2 aromatic carbocycles. The minimum absolute atomic E-state index is 0.120. The van der Waals surface area contributed by atoms with Crippen LogP contribution in [0.15, 0.2) is 72.9 Å². The van der Waals surface area contributed by atoms with E-state index in [0.717, 1.165) is 17.1 Å². The molecular formula is C28H27ClN4OS. The molecule has 35 heavy (non-hydrogen) atoms. The van der Waals surface area contributed by atoms with Crippen LogP contribution in [0.25, 0.3) is 5.69 Å². The van der Waals surface area contributed by atoms with E-state index in [1.165, 1.54) is 22.5 Å². The molecule has 0 saturated carbocycles. The number of rotatable bonds is 5. The zero-order valence-corrected chi connectivity index (χ0v) is 21.7. The predicted octanol–water partition coefficient (Wildman–Crippen LogP) is 6.64. The highest BCUT2D eigenvalue weighted by Gasteiger charge is 2.43. The lowest BCUT2D eigenvalue weighted by Gasteiger charge is -2.29. The van der Waals surface area contributed by atoms with Crippen molar-refractivity contribution < 1.29 is 4.74 Å². The van der Waals surface area contributed by atoms with Gasteiger partial charge >= 0.3 is 0 Å². The molecule has 4 aromatic rings. The lowest BCUT2D eigenvalue weighted by atomic mass is 9.93. The van der Waals surface area contributed by atoms with E-state index in [1.54, 1.807) is 7.11 Å². The Bertz CT molecular complexity index is 1390. The Morgan fingerprint density at radius 3 is 2.34 bits per heavy atom. The molecule has 5 rings (SSSR count). The van der Waals surface area contributed by atoms with E-state index in [0.29, 0.717) is 15.9 Å². The molecule has 178 valence electrons. The number of para-hydroxylation sites is 1. The number of benzene rings is 2. The molecule has 0 bridgehead atoms. The molecule has 1 aliphatic heterocycles. The summed E-state index contributed by atoms with van der Waals surface area (Å²) in [6.45, 7) is 6.54. The molecule has 0 spiro atoms. The van der Waals surface area contributed by atoms with Crippen LogP contribution in [-0.4, -0.2) is 21.8 Å². The molecule has 0 amide bonds. The quantitative estimate of drug-likeness (QED) is 0.310. The summed E-state index contributed by atoms with van der Waals surface area (Å²) in [5, 5.41) is 4.73. The Balaban J connectivity index is 1.72. The van der Waals surface area contributed by atoms with Crippen LogP contribution in [0.1, 0.15) is 40.3 Å². The lowest BCUT2D eigenvalue weighted by Crippen LogP contribution is -2.29. The number of pyridine rings is 1. The van der Waals surface area contributed by atoms with Gasteiger partial charge in [-0.15, -0.1) is 0 Å². The Labute approximate surface area is 216 Å². The highest BCUT2D eigenvalue weighted by atomic mass is 35.5. The zero-order chi connectivity index (χ0) is 24.7. The number of nitrogens with zero attached hydrogens (tertiary/aromatic N) is 3. The van der Waals surface area contributed by atoms with Crippen molar-refractivity contribution in [3.63, 3.8) is 0 Å². The second-order valence-electron chi connectivity index (χ2n) is 8.70. The molecule has 2 atom stereocenters. The summed E-state index contributed by atoms with van der Waals surface area (Å²) in [6, 6.07) is 22.0. The van der Waals surface area contributed by atoms with Crippen molar-refractivity contribution in [1.82, 2.24) is 14.9 Å². The first kappa shape index (κ1) is 23.4. The minimum Gasteiger partial charge on any atom is -0.495 e. The van der Waals surface area contributed by atoms with Gasteiger partial charge in [0.25, 0.3) is 0 Å². The van der Waals surface area contributed by atoms with Crippen LogP contribution in [-0.2, 0) is 0 Å². The number of nitrogens with one attached hydrogen (secondary N) is 1. The molecule has 1 aliphatic rings. The van der Waals surface area contributed by atoms with Gasteiger partial charge < -0.3 is 19.5 Å². The first-order valence-corrected chi connectivity index (χ1v) is 12.3. The van der Waals surface area contributed by atoms with Gasteiger partial charge in [-0.25, -0.2) is 0 Å². The Morgan fingerprint density at radius 1 is 0.943 bits per heavy atom. The summed E-state index contributed by atoms with van der Waals surface area (Å²) in [5.74, 6) is 0.629. The molecule has 3 heterocycles. The maximum atomic E-state index is 6.54. The number of ether oxygens (including phenoxy) is 1. The van der Waals surface area contributed by atoms with Gasteiger partial charge in [0, 0.05) is 34.5 Å². The van der Waals surface area contributed by atoms with Gasteiger partial charge in [-0.1, -0.05) is 35.9 Å². The third-order valence-electron chi connectivity index (χ3n) is 6.83. The molecule has 0 radical (unpaired) electrons. The first-order chi connectivity index (χ1) is 16.9. The van der Waals surface area contributed by atoms with Gasteiger partial charge in [-0.2, -0.15) is 0 Å². The van der Waals surface area contributed by atoms with E-state index >= 15 is 0 Å². The van der Waals surface area contributed by atoms with Crippen LogP contribution in [0.5, 0.6) is 5.75 Å². The van der Waals surface area contributed by atoms with Crippen LogP contribution >= 0.6 is 23.8 Å². The second kappa shape index (κ2) is 9.36. The summed E-state index contributed by atoms with van der Waals surface area (Å²) in [7, 11) is 1.62. The minimum atomic E-state index is -0.131. The summed E-state index contributed by atoms with van der Waals surface area (Å²) >= 11 is 12.4. The van der Waals surface area contributed by atoms with E-state index in [-0.39, 0.29) is 12.1 Å². The summed E-state index contributed by atoms with van der Waals surface area (Å²) in [6.07, 6.45) is 1.82. The SMILES string of the molecule is COc1ccc(N2C(=S)N[C@@H](c3ccccn3)[C@H]2c2c(C)c(C)n(-c3ccccc3)c2C)cc1Cl. The standard InChI is InChI=1S/C28H27ClN4OS/c1-17-18(2)32(20-10-6-5-7-11-20)19(3)25(17)27-26(23-12-8-9-15-30-23)31-28(35)33(27)21-13-14-24(34-4)22(29)16-21/h5-16,26-27H,1-4H3,(H,31,35)/t26-,27+/m0/s1. The van der Waals surface area contributed by atoms with Gasteiger partial charge in [-0.3, -0.25) is 4.98 Å². The molecule has 7 heteroatoms. The van der Waals surface area contributed by atoms with E-state index in [1.807, 2.05) is 48.7 Å². The smallest absolute Gasteiger partial charge is 0.174 e. The molecule has 0 unspecified atom stereocenters. The average molecular weight is 503 g/mol. The molecule has 1 fully saturated rings. The van der Waals surface area contributed by atoms with Gasteiger partial charge in [0.1, 0.15) is 5.75 Å². The van der Waals surface area contributed by atoms with Crippen LogP contribution in [0.4, 0.5) is 5.69 Å². The average Bonchev–Trinajstić information content (AvgIpc) is 3.32. The van der Waals surface area contributed by atoms with E-state index in [4.69, 9.17) is 28.6 Å². The number of hydrogen-bond acceptors (Lipinski definition) is 3. The zero-order valence-electron chi connectivity index (χ0n) is 20.1. The van der Waals surface area contributed by atoms with Gasteiger partial charge in [0.15, 0.2) is 5.11 Å². The third-order valence-corrected chi connectivity index (χ3v) is 7.44. The normalized spacial score (nSPS) is 17.5. The predicted molar refractivity (Wildman–Crippen MR) is 146 cm³/mol. The lowest BCUT2D eigenvalue weighted by molar-refractivity contribution is 0.415. The number of thiocarbonyl (C=S) groups is 1. The Hall–Kier alpha value is -3.35. The number of aromatic nitrogens is 2. The maximum Gasteiger partial charge on any atom is 0.174 e. The van der Waals surface area contributed by atoms with E-state index < -0.39 is 0 Å². The van der Waals surface area contributed by atoms with Gasteiger partial charge in [0.05, 0.1) is 29.9 Å². The molecule has 1 N–H and O–H groups in total. The van der Waals surface area contributed by atoms with Crippen LogP contribution in [0.2, 0.25) is 5.02 Å². The second-order valence-corrected chi connectivity index (χ2v) is 9.49. The number of anilines is 1. The molecule has 2 aromatic heterocycles. The summed E-state index contributed by atoms with van der Waals surface area (Å²) < 4.78 is 7.71. The van der Waals surface area contributed by atoms with Crippen molar-refractivity contribution in [2.24, 2.45) is 0 Å².